The van der Waals surface area contributed by atoms with Gasteiger partial charge < -0.3 is 20.3 Å². The van der Waals surface area contributed by atoms with E-state index >= 15 is 0 Å². The first kappa shape index (κ1) is 23.2. The van der Waals surface area contributed by atoms with Crippen molar-refractivity contribution in [2.75, 3.05) is 26.7 Å². The third-order valence-electron chi connectivity index (χ3n) is 4.17. The molecule has 1 aromatic rings. The van der Waals surface area contributed by atoms with Crippen molar-refractivity contribution in [3.05, 3.63) is 28.8 Å². The molecule has 148 valence electrons. The largest absolute Gasteiger partial charge is 0.434 e. The molecule has 5 nitrogen and oxygen atoms in total. The molecule has 0 aromatic heterocycles. The highest BCUT2D eigenvalue weighted by Gasteiger charge is 2.20. The van der Waals surface area contributed by atoms with Gasteiger partial charge in [-0.25, -0.2) is 4.99 Å². The molecule has 1 heterocycles. The highest BCUT2D eigenvalue weighted by molar-refractivity contribution is 14.0. The Bertz CT molecular complexity index is 592. The summed E-state index contributed by atoms with van der Waals surface area (Å²) < 4.78 is 29.6. The van der Waals surface area contributed by atoms with Crippen LogP contribution >= 0.6 is 35.6 Å². The number of guanidine groups is 1. The van der Waals surface area contributed by atoms with Crippen molar-refractivity contribution < 1.29 is 13.5 Å². The van der Waals surface area contributed by atoms with Crippen molar-refractivity contribution in [2.24, 2.45) is 4.99 Å². The Kier molecular flexibility index (Phi) is 10.5. The van der Waals surface area contributed by atoms with E-state index in [1.165, 1.54) is 18.6 Å². The van der Waals surface area contributed by atoms with Gasteiger partial charge in [0, 0.05) is 29.7 Å². The number of hydrogen-bond donors (Lipinski definition) is 2. The molecule has 0 aliphatic carbocycles. The van der Waals surface area contributed by atoms with Gasteiger partial charge in [0.15, 0.2) is 5.96 Å². The Morgan fingerprint density at radius 3 is 2.81 bits per heavy atom. The zero-order valence-electron chi connectivity index (χ0n) is 15.0. The van der Waals surface area contributed by atoms with Crippen LogP contribution in [0.4, 0.5) is 8.78 Å². The maximum atomic E-state index is 12.5. The summed E-state index contributed by atoms with van der Waals surface area (Å²) in [5.41, 5.74) is 0.517. The molecule has 1 fully saturated rings. The second-order valence-electron chi connectivity index (χ2n) is 5.98. The Morgan fingerprint density at radius 2 is 2.19 bits per heavy atom. The monoisotopic (exact) mass is 502 g/mol. The molecule has 0 bridgehead atoms. The first-order valence-electron chi connectivity index (χ1n) is 8.45. The molecule has 0 amide bonds. The maximum absolute atomic E-state index is 12.5. The summed E-state index contributed by atoms with van der Waals surface area (Å²) in [5, 5.41) is 6.93. The van der Waals surface area contributed by atoms with Crippen LogP contribution in [-0.4, -0.2) is 50.2 Å². The van der Waals surface area contributed by atoms with Gasteiger partial charge in [0.2, 0.25) is 0 Å². The zero-order valence-corrected chi connectivity index (χ0v) is 18.1. The molecule has 2 N–H and O–H groups in total. The second-order valence-corrected chi connectivity index (χ2v) is 6.42. The summed E-state index contributed by atoms with van der Waals surface area (Å²) in [5.74, 6) is 0.736. The molecule has 1 unspecified atom stereocenters. The average Bonchev–Trinajstić information content (AvgIpc) is 2.97. The van der Waals surface area contributed by atoms with E-state index in [0.717, 1.165) is 19.5 Å². The predicted molar refractivity (Wildman–Crippen MR) is 112 cm³/mol. The van der Waals surface area contributed by atoms with E-state index < -0.39 is 6.61 Å². The number of likely N-dealkylation sites (tertiary alicyclic amines) is 1. The Labute approximate surface area is 175 Å². The minimum absolute atomic E-state index is 0. The summed E-state index contributed by atoms with van der Waals surface area (Å²) in [6, 6.07) is 5.03. The van der Waals surface area contributed by atoms with E-state index in [4.69, 9.17) is 11.6 Å². The lowest BCUT2D eigenvalue weighted by molar-refractivity contribution is -0.0504. The van der Waals surface area contributed by atoms with Crippen LogP contribution in [0, 0.1) is 0 Å². The smallest absolute Gasteiger partial charge is 0.387 e. The zero-order chi connectivity index (χ0) is 18.2. The first-order chi connectivity index (χ1) is 12.0. The van der Waals surface area contributed by atoms with Gasteiger partial charge in [-0.2, -0.15) is 8.78 Å². The van der Waals surface area contributed by atoms with Crippen LogP contribution < -0.4 is 15.4 Å². The third-order valence-corrected chi connectivity index (χ3v) is 4.40. The van der Waals surface area contributed by atoms with Gasteiger partial charge >= 0.3 is 6.61 Å². The van der Waals surface area contributed by atoms with Crippen molar-refractivity contribution in [3.8, 4) is 5.75 Å². The number of aliphatic imine (C=N–C) groups is 1. The molecule has 1 aromatic carbocycles. The van der Waals surface area contributed by atoms with Gasteiger partial charge in [-0.1, -0.05) is 11.6 Å². The van der Waals surface area contributed by atoms with Crippen molar-refractivity contribution in [2.45, 2.75) is 39.0 Å². The SMILES string of the molecule is CCNC(=NCc1cc(Cl)ccc1OC(F)F)NCC1CCCN1C.I. The standard InChI is InChI=1S/C17H25ClF2N4O.HI/c1-3-21-17(23-11-14-5-4-8-24(14)2)22-10-12-9-13(18)6-7-15(12)25-16(19)20;/h6-7,9,14,16H,3-5,8,10-11H2,1-2H3,(H2,21,22,23);1H. The summed E-state index contributed by atoms with van der Waals surface area (Å²) in [6.45, 7) is 1.90. The van der Waals surface area contributed by atoms with Crippen LogP contribution in [0.15, 0.2) is 23.2 Å². The van der Waals surface area contributed by atoms with E-state index in [-0.39, 0.29) is 36.3 Å². The number of nitrogens with one attached hydrogen (secondary N) is 2. The molecule has 1 aliphatic heterocycles. The average molecular weight is 503 g/mol. The minimum Gasteiger partial charge on any atom is -0.434 e. The fourth-order valence-corrected chi connectivity index (χ4v) is 3.03. The maximum Gasteiger partial charge on any atom is 0.387 e. The highest BCUT2D eigenvalue weighted by Crippen LogP contribution is 2.25. The number of likely N-dealkylation sites (N-methyl/N-ethyl adjacent to an activating group) is 1. The van der Waals surface area contributed by atoms with Crippen LogP contribution in [0.2, 0.25) is 5.02 Å². The van der Waals surface area contributed by atoms with Crippen LogP contribution in [0.25, 0.3) is 0 Å². The molecule has 0 spiro atoms. The van der Waals surface area contributed by atoms with Crippen molar-refractivity contribution in [1.29, 1.82) is 0 Å². The lowest BCUT2D eigenvalue weighted by Gasteiger charge is -2.21. The molecule has 2 rings (SSSR count). The number of ether oxygens (including phenoxy) is 1. The van der Waals surface area contributed by atoms with Gasteiger partial charge in [0.05, 0.1) is 6.54 Å². The molecule has 1 atom stereocenters. The molecule has 1 aliphatic rings. The lowest BCUT2D eigenvalue weighted by Crippen LogP contribution is -2.44. The fraction of sp³-hybridized carbons (Fsp3) is 0.588. The van der Waals surface area contributed by atoms with E-state index in [1.807, 2.05) is 6.92 Å². The minimum atomic E-state index is -2.88. The lowest BCUT2D eigenvalue weighted by atomic mass is 10.2. The summed E-state index contributed by atoms with van der Waals surface area (Å²) >= 11 is 5.96. The van der Waals surface area contributed by atoms with Crippen LogP contribution in [0.3, 0.4) is 0 Å². The van der Waals surface area contributed by atoms with Gasteiger partial charge in [-0.3, -0.25) is 0 Å². The molecule has 9 heteroatoms. The summed E-state index contributed by atoms with van der Waals surface area (Å²) in [6.07, 6.45) is 2.36. The highest BCUT2D eigenvalue weighted by atomic mass is 127. The number of halogens is 4. The fourth-order valence-electron chi connectivity index (χ4n) is 2.84. The van der Waals surface area contributed by atoms with E-state index in [9.17, 15) is 8.78 Å². The van der Waals surface area contributed by atoms with E-state index in [0.29, 0.717) is 29.1 Å². The first-order valence-corrected chi connectivity index (χ1v) is 8.83. The molecule has 0 radical (unpaired) electrons. The van der Waals surface area contributed by atoms with Gasteiger partial charge in [0.25, 0.3) is 0 Å². The van der Waals surface area contributed by atoms with Gasteiger partial charge in [0.1, 0.15) is 5.75 Å². The van der Waals surface area contributed by atoms with Crippen molar-refractivity contribution >= 4 is 41.5 Å². The Balaban J connectivity index is 0.00000338. The number of nitrogens with zero attached hydrogens (tertiary/aromatic N) is 2. The molecular weight excluding hydrogens is 477 g/mol. The quantitative estimate of drug-likeness (QED) is 0.339. The molecule has 26 heavy (non-hydrogen) atoms. The third kappa shape index (κ3) is 7.40. The predicted octanol–water partition coefficient (Wildman–Crippen LogP) is 3.71. The summed E-state index contributed by atoms with van der Waals surface area (Å²) in [7, 11) is 2.11. The summed E-state index contributed by atoms with van der Waals surface area (Å²) in [4.78, 5) is 6.79. The molecule has 1 saturated heterocycles. The number of rotatable bonds is 7. The van der Waals surface area contributed by atoms with Gasteiger partial charge in [-0.05, 0) is 51.6 Å². The van der Waals surface area contributed by atoms with E-state index in [2.05, 4.69) is 32.3 Å². The topological polar surface area (TPSA) is 48.9 Å². The normalized spacial score (nSPS) is 17.9. The van der Waals surface area contributed by atoms with Crippen molar-refractivity contribution in [3.63, 3.8) is 0 Å². The number of benzene rings is 1. The van der Waals surface area contributed by atoms with Crippen molar-refractivity contribution in [1.82, 2.24) is 15.5 Å². The molecule has 0 saturated carbocycles. The Morgan fingerprint density at radius 1 is 1.42 bits per heavy atom. The van der Waals surface area contributed by atoms with Crippen LogP contribution in [0.1, 0.15) is 25.3 Å². The van der Waals surface area contributed by atoms with E-state index in [1.54, 1.807) is 6.07 Å². The molecular formula is C17H26ClF2IN4O. The van der Waals surface area contributed by atoms with Crippen LogP contribution in [0.5, 0.6) is 5.75 Å². The van der Waals surface area contributed by atoms with Gasteiger partial charge in [-0.15, -0.1) is 24.0 Å². The van der Waals surface area contributed by atoms with Crippen LogP contribution in [-0.2, 0) is 6.54 Å². The second kappa shape index (κ2) is 11.8. The number of alkyl halides is 2. The Hall–Kier alpha value is -0.870. The number of hydrogen-bond acceptors (Lipinski definition) is 3.